The molecule has 0 bridgehead atoms. The van der Waals surface area contributed by atoms with E-state index < -0.39 is 0 Å². The van der Waals surface area contributed by atoms with E-state index >= 15 is 0 Å². The van der Waals surface area contributed by atoms with E-state index in [-0.39, 0.29) is 11.9 Å². The Balaban J connectivity index is 1.90. The lowest BCUT2D eigenvalue weighted by Gasteiger charge is -2.27. The zero-order chi connectivity index (χ0) is 14.4. The zero-order valence-corrected chi connectivity index (χ0v) is 12.6. The van der Waals surface area contributed by atoms with Crippen LogP contribution in [0, 0.1) is 0 Å². The Kier molecular flexibility index (Phi) is 5.83. The van der Waals surface area contributed by atoms with Crippen LogP contribution in [-0.4, -0.2) is 43.5 Å². The predicted octanol–water partition coefficient (Wildman–Crippen LogP) is 1.81. The Morgan fingerprint density at radius 3 is 2.85 bits per heavy atom. The third-order valence-electron chi connectivity index (χ3n) is 3.57. The lowest BCUT2D eigenvalue weighted by Crippen LogP contribution is -2.47. The second kappa shape index (κ2) is 7.62. The normalized spacial score (nSPS) is 17.7. The van der Waals surface area contributed by atoms with Gasteiger partial charge in [-0.25, -0.2) is 0 Å². The van der Waals surface area contributed by atoms with Crippen molar-refractivity contribution in [1.82, 2.24) is 15.5 Å². The highest BCUT2D eigenvalue weighted by Crippen LogP contribution is 2.20. The van der Waals surface area contributed by atoms with E-state index in [1.807, 2.05) is 24.3 Å². The van der Waals surface area contributed by atoms with Crippen molar-refractivity contribution in [2.75, 3.05) is 32.7 Å². The van der Waals surface area contributed by atoms with Crippen LogP contribution in [-0.2, 0) is 4.79 Å². The van der Waals surface area contributed by atoms with Crippen LogP contribution in [0.2, 0.25) is 5.02 Å². The summed E-state index contributed by atoms with van der Waals surface area (Å²) in [4.78, 5) is 14.3. The number of halogens is 1. The molecule has 0 aromatic heterocycles. The first-order valence-electron chi connectivity index (χ1n) is 7.17. The number of hydrogen-bond acceptors (Lipinski definition) is 3. The molecule has 1 unspecified atom stereocenters. The molecule has 5 heteroatoms. The number of rotatable bonds is 5. The Labute approximate surface area is 125 Å². The number of nitrogens with one attached hydrogen (secondary N) is 2. The number of nitrogens with zero attached hydrogens (tertiary/aromatic N) is 1. The lowest BCUT2D eigenvalue weighted by atomic mass is 10.0. The van der Waals surface area contributed by atoms with Crippen molar-refractivity contribution < 1.29 is 4.79 Å². The second-order valence-electron chi connectivity index (χ2n) is 5.11. The maximum atomic E-state index is 12.1. The highest BCUT2D eigenvalue weighted by molar-refractivity contribution is 6.30. The van der Waals surface area contributed by atoms with Crippen molar-refractivity contribution in [3.8, 4) is 0 Å². The Morgan fingerprint density at radius 2 is 2.20 bits per heavy atom. The van der Waals surface area contributed by atoms with Crippen molar-refractivity contribution in [3.63, 3.8) is 0 Å². The third-order valence-corrected chi connectivity index (χ3v) is 3.81. The van der Waals surface area contributed by atoms with Crippen molar-refractivity contribution in [1.29, 1.82) is 0 Å². The monoisotopic (exact) mass is 295 g/mol. The standard InChI is InChI=1S/C15H22ClN3O/c1-2-14(12-4-3-5-13(16)10-12)18-15(20)11-19-8-6-17-7-9-19/h3-5,10,14,17H,2,6-9,11H2,1H3,(H,18,20). The van der Waals surface area contributed by atoms with Gasteiger partial charge in [0.05, 0.1) is 12.6 Å². The van der Waals surface area contributed by atoms with Gasteiger partial charge in [-0.3, -0.25) is 9.69 Å². The summed E-state index contributed by atoms with van der Waals surface area (Å²) in [5.41, 5.74) is 1.06. The molecule has 1 aromatic rings. The van der Waals surface area contributed by atoms with Crippen molar-refractivity contribution in [2.45, 2.75) is 19.4 Å². The van der Waals surface area contributed by atoms with Gasteiger partial charge in [-0.1, -0.05) is 30.7 Å². The van der Waals surface area contributed by atoms with Crippen LogP contribution in [0.1, 0.15) is 24.9 Å². The minimum absolute atomic E-state index is 0.0316. The molecule has 1 aromatic carbocycles. The molecule has 1 atom stereocenters. The van der Waals surface area contributed by atoms with Gasteiger partial charge in [0, 0.05) is 31.2 Å². The summed E-state index contributed by atoms with van der Waals surface area (Å²) in [6, 6.07) is 7.72. The minimum atomic E-state index is 0.0316. The molecule has 0 aliphatic carbocycles. The largest absolute Gasteiger partial charge is 0.348 e. The number of carbonyl (C=O) groups is 1. The maximum absolute atomic E-state index is 12.1. The molecule has 1 saturated heterocycles. The molecular weight excluding hydrogens is 274 g/mol. The first kappa shape index (κ1) is 15.3. The molecule has 20 heavy (non-hydrogen) atoms. The van der Waals surface area contributed by atoms with Gasteiger partial charge < -0.3 is 10.6 Å². The second-order valence-corrected chi connectivity index (χ2v) is 5.55. The van der Waals surface area contributed by atoms with Crippen LogP contribution in [0.5, 0.6) is 0 Å². The van der Waals surface area contributed by atoms with Crippen LogP contribution < -0.4 is 10.6 Å². The molecule has 110 valence electrons. The van der Waals surface area contributed by atoms with Gasteiger partial charge in [0.2, 0.25) is 5.91 Å². The topological polar surface area (TPSA) is 44.4 Å². The smallest absolute Gasteiger partial charge is 0.234 e. The van der Waals surface area contributed by atoms with Gasteiger partial charge in [0.1, 0.15) is 0 Å². The molecule has 1 aliphatic heterocycles. The highest BCUT2D eigenvalue weighted by atomic mass is 35.5. The molecule has 2 rings (SSSR count). The van der Waals surface area contributed by atoms with E-state index in [4.69, 9.17) is 11.6 Å². The molecule has 4 nitrogen and oxygen atoms in total. The van der Waals surface area contributed by atoms with Crippen molar-refractivity contribution in [3.05, 3.63) is 34.9 Å². The predicted molar refractivity (Wildman–Crippen MR) is 81.9 cm³/mol. The van der Waals surface area contributed by atoms with Crippen molar-refractivity contribution in [2.24, 2.45) is 0 Å². The summed E-state index contributed by atoms with van der Waals surface area (Å²) in [5, 5.41) is 7.09. The summed E-state index contributed by atoms with van der Waals surface area (Å²) < 4.78 is 0. The zero-order valence-electron chi connectivity index (χ0n) is 11.9. The van der Waals surface area contributed by atoms with Gasteiger partial charge in [0.25, 0.3) is 0 Å². The molecule has 0 saturated carbocycles. The molecule has 1 fully saturated rings. The van der Waals surface area contributed by atoms with Gasteiger partial charge in [-0.2, -0.15) is 0 Å². The highest BCUT2D eigenvalue weighted by Gasteiger charge is 2.17. The summed E-state index contributed by atoms with van der Waals surface area (Å²) in [5.74, 6) is 0.0822. The molecular formula is C15H22ClN3O. The average molecular weight is 296 g/mol. The van der Waals surface area contributed by atoms with E-state index in [1.165, 1.54) is 0 Å². The maximum Gasteiger partial charge on any atom is 0.234 e. The van der Waals surface area contributed by atoms with Crippen LogP contribution >= 0.6 is 11.6 Å². The third kappa shape index (κ3) is 4.47. The Hall–Kier alpha value is -1.10. The van der Waals surface area contributed by atoms with Crippen LogP contribution in [0.25, 0.3) is 0 Å². The van der Waals surface area contributed by atoms with E-state index in [0.29, 0.717) is 11.6 Å². The van der Waals surface area contributed by atoms with Gasteiger partial charge in [-0.05, 0) is 24.1 Å². The van der Waals surface area contributed by atoms with Crippen LogP contribution in [0.3, 0.4) is 0 Å². The number of amides is 1. The van der Waals surface area contributed by atoms with Gasteiger partial charge in [0.15, 0.2) is 0 Å². The Bertz CT molecular complexity index is 446. The quantitative estimate of drug-likeness (QED) is 0.871. The number of piperazine rings is 1. The Morgan fingerprint density at radius 1 is 1.45 bits per heavy atom. The first-order valence-corrected chi connectivity index (χ1v) is 7.54. The number of hydrogen-bond donors (Lipinski definition) is 2. The summed E-state index contributed by atoms with van der Waals surface area (Å²) >= 11 is 6.01. The fourth-order valence-corrected chi connectivity index (χ4v) is 2.66. The van der Waals surface area contributed by atoms with Crippen molar-refractivity contribution >= 4 is 17.5 Å². The first-order chi connectivity index (χ1) is 9.69. The summed E-state index contributed by atoms with van der Waals surface area (Å²) in [6.07, 6.45) is 0.855. The molecule has 1 heterocycles. The van der Waals surface area contributed by atoms with E-state index in [9.17, 15) is 4.79 Å². The molecule has 0 radical (unpaired) electrons. The van der Waals surface area contributed by atoms with Crippen LogP contribution in [0.15, 0.2) is 24.3 Å². The number of carbonyl (C=O) groups excluding carboxylic acids is 1. The molecule has 0 spiro atoms. The molecule has 1 amide bonds. The molecule has 2 N–H and O–H groups in total. The minimum Gasteiger partial charge on any atom is -0.348 e. The number of benzene rings is 1. The van der Waals surface area contributed by atoms with Gasteiger partial charge >= 0.3 is 0 Å². The summed E-state index contributed by atoms with van der Waals surface area (Å²) in [7, 11) is 0. The van der Waals surface area contributed by atoms with Gasteiger partial charge in [-0.15, -0.1) is 0 Å². The SMILES string of the molecule is CCC(NC(=O)CN1CCNCC1)c1cccc(Cl)c1. The van der Waals surface area contributed by atoms with E-state index in [1.54, 1.807) is 0 Å². The fourth-order valence-electron chi connectivity index (χ4n) is 2.46. The molecule has 1 aliphatic rings. The summed E-state index contributed by atoms with van der Waals surface area (Å²) in [6.45, 7) is 6.32. The van der Waals surface area contributed by atoms with Crippen LogP contribution in [0.4, 0.5) is 0 Å². The average Bonchev–Trinajstić information content (AvgIpc) is 2.46. The van der Waals surface area contributed by atoms with E-state index in [2.05, 4.69) is 22.5 Å². The lowest BCUT2D eigenvalue weighted by molar-refractivity contribution is -0.123. The van der Waals surface area contributed by atoms with E-state index in [0.717, 1.165) is 38.2 Å². The fraction of sp³-hybridized carbons (Fsp3) is 0.533.